The van der Waals surface area contributed by atoms with Gasteiger partial charge >= 0.3 is 0 Å². The molecule has 0 amide bonds. The first-order chi connectivity index (χ1) is 7.08. The summed E-state index contributed by atoms with van der Waals surface area (Å²) in [7, 11) is 0. The number of benzene rings is 1. The number of aromatic nitrogens is 2. The van der Waals surface area contributed by atoms with Gasteiger partial charge in [-0.25, -0.2) is 8.78 Å². The third-order valence-electron chi connectivity index (χ3n) is 2.09. The molecule has 0 aliphatic carbocycles. The van der Waals surface area contributed by atoms with Gasteiger partial charge in [-0.2, -0.15) is 0 Å². The van der Waals surface area contributed by atoms with Gasteiger partial charge in [-0.3, -0.25) is 0 Å². The fourth-order valence-electron chi connectivity index (χ4n) is 1.41. The van der Waals surface area contributed by atoms with Crippen LogP contribution in [0.15, 0.2) is 22.7 Å². The third-order valence-corrected chi connectivity index (χ3v) is 2.55. The van der Waals surface area contributed by atoms with Crippen molar-refractivity contribution in [3.63, 3.8) is 0 Å². The molecule has 1 aromatic heterocycles. The van der Waals surface area contributed by atoms with Gasteiger partial charge in [-0.15, -0.1) is 10.2 Å². The van der Waals surface area contributed by atoms with Crippen molar-refractivity contribution in [2.45, 2.75) is 13.3 Å². The highest BCUT2D eigenvalue weighted by atomic mass is 79.9. The van der Waals surface area contributed by atoms with Crippen molar-refractivity contribution in [2.24, 2.45) is 0 Å². The molecule has 0 aliphatic rings. The molecule has 0 saturated carbocycles. The maximum Gasteiger partial charge on any atom is 0.282 e. The lowest BCUT2D eigenvalue weighted by Gasteiger charge is -2.03. The molecule has 0 spiro atoms. The Balaban J connectivity index is 2.71. The summed E-state index contributed by atoms with van der Waals surface area (Å²) in [6.45, 7) is 1.86. The molecule has 0 atom stereocenters. The topological polar surface area (TPSA) is 25.8 Å². The predicted molar refractivity (Wildman–Crippen MR) is 56.9 cm³/mol. The van der Waals surface area contributed by atoms with Crippen LogP contribution in [0.3, 0.4) is 0 Å². The second-order valence-corrected chi connectivity index (χ2v) is 4.15. The number of nitrogens with zero attached hydrogens (tertiary/aromatic N) is 2. The molecule has 0 fully saturated rings. The molecule has 0 aliphatic heterocycles. The highest BCUT2D eigenvalue weighted by Crippen LogP contribution is 2.24. The predicted octanol–water partition coefficient (Wildman–Crippen LogP) is 3.64. The van der Waals surface area contributed by atoms with E-state index in [2.05, 4.69) is 26.1 Å². The van der Waals surface area contributed by atoms with E-state index in [1.165, 1.54) is 6.07 Å². The summed E-state index contributed by atoms with van der Waals surface area (Å²) in [5.41, 5.74) is 1.27. The third kappa shape index (κ3) is 1.97. The van der Waals surface area contributed by atoms with Crippen LogP contribution in [0.5, 0.6) is 0 Å². The SMILES string of the molecule is Cc1cc(Br)cc2cc(C(F)F)nnc12. The Morgan fingerprint density at radius 2 is 1.93 bits per heavy atom. The molecular formula is C10H7BrF2N2. The number of rotatable bonds is 1. The zero-order valence-corrected chi connectivity index (χ0v) is 9.42. The molecule has 78 valence electrons. The first-order valence-electron chi connectivity index (χ1n) is 4.29. The van der Waals surface area contributed by atoms with Crippen molar-refractivity contribution in [3.05, 3.63) is 33.9 Å². The number of halogens is 3. The molecule has 0 unspecified atom stereocenters. The fourth-order valence-corrected chi connectivity index (χ4v) is 2.00. The minimum Gasteiger partial charge on any atom is -0.203 e. The Hall–Kier alpha value is -1.10. The Labute approximate surface area is 93.4 Å². The van der Waals surface area contributed by atoms with Crippen LogP contribution in [-0.2, 0) is 0 Å². The molecule has 0 saturated heterocycles. The average molecular weight is 273 g/mol. The zero-order chi connectivity index (χ0) is 11.0. The van der Waals surface area contributed by atoms with Crippen molar-refractivity contribution in [1.29, 1.82) is 0 Å². The quantitative estimate of drug-likeness (QED) is 0.792. The number of aryl methyl sites for hydroxylation is 1. The lowest BCUT2D eigenvalue weighted by Crippen LogP contribution is -1.95. The van der Waals surface area contributed by atoms with Gasteiger partial charge in [0.2, 0.25) is 0 Å². The van der Waals surface area contributed by atoms with Crippen LogP contribution in [0.1, 0.15) is 17.7 Å². The van der Waals surface area contributed by atoms with Crippen LogP contribution in [0.2, 0.25) is 0 Å². The lowest BCUT2D eigenvalue weighted by molar-refractivity contribution is 0.145. The summed E-state index contributed by atoms with van der Waals surface area (Å²) in [5, 5.41) is 7.95. The zero-order valence-electron chi connectivity index (χ0n) is 7.84. The van der Waals surface area contributed by atoms with E-state index < -0.39 is 6.43 Å². The van der Waals surface area contributed by atoms with Crippen LogP contribution < -0.4 is 0 Å². The normalized spacial score (nSPS) is 11.3. The summed E-state index contributed by atoms with van der Waals surface area (Å²) in [5.74, 6) is 0. The van der Waals surface area contributed by atoms with E-state index in [9.17, 15) is 8.78 Å². The fraction of sp³-hybridized carbons (Fsp3) is 0.200. The molecule has 5 heteroatoms. The summed E-state index contributed by atoms with van der Waals surface area (Å²) in [4.78, 5) is 0. The van der Waals surface area contributed by atoms with Gasteiger partial charge in [0.05, 0.1) is 5.52 Å². The Bertz CT molecular complexity index is 514. The van der Waals surface area contributed by atoms with E-state index in [0.29, 0.717) is 10.9 Å². The molecule has 2 nitrogen and oxygen atoms in total. The van der Waals surface area contributed by atoms with Crippen LogP contribution in [0, 0.1) is 6.92 Å². The maximum atomic E-state index is 12.4. The van der Waals surface area contributed by atoms with E-state index >= 15 is 0 Å². The van der Waals surface area contributed by atoms with Crippen LogP contribution >= 0.6 is 15.9 Å². The first kappa shape index (κ1) is 10.4. The highest BCUT2D eigenvalue weighted by Gasteiger charge is 2.11. The van der Waals surface area contributed by atoms with Gasteiger partial charge in [-0.05, 0) is 30.7 Å². The average Bonchev–Trinajstić information content (AvgIpc) is 2.16. The number of alkyl halides is 2. The number of hydrogen-bond donors (Lipinski definition) is 0. The molecule has 0 bridgehead atoms. The lowest BCUT2D eigenvalue weighted by atomic mass is 10.1. The maximum absolute atomic E-state index is 12.4. The van der Waals surface area contributed by atoms with Crippen molar-refractivity contribution < 1.29 is 8.78 Å². The van der Waals surface area contributed by atoms with Crippen molar-refractivity contribution in [1.82, 2.24) is 10.2 Å². The van der Waals surface area contributed by atoms with E-state index in [0.717, 1.165) is 10.0 Å². The van der Waals surface area contributed by atoms with E-state index in [1.54, 1.807) is 6.07 Å². The minimum atomic E-state index is -2.58. The van der Waals surface area contributed by atoms with Gasteiger partial charge in [0, 0.05) is 9.86 Å². The molecule has 2 rings (SSSR count). The molecule has 0 radical (unpaired) electrons. The van der Waals surface area contributed by atoms with Crippen LogP contribution in [0.25, 0.3) is 10.9 Å². The largest absolute Gasteiger partial charge is 0.282 e. The van der Waals surface area contributed by atoms with Gasteiger partial charge in [0.1, 0.15) is 5.69 Å². The van der Waals surface area contributed by atoms with Crippen LogP contribution in [-0.4, -0.2) is 10.2 Å². The highest BCUT2D eigenvalue weighted by molar-refractivity contribution is 9.10. The number of hydrogen-bond acceptors (Lipinski definition) is 2. The van der Waals surface area contributed by atoms with Gasteiger partial charge < -0.3 is 0 Å². The Morgan fingerprint density at radius 3 is 2.60 bits per heavy atom. The number of fused-ring (bicyclic) bond motifs is 1. The monoisotopic (exact) mass is 272 g/mol. The van der Waals surface area contributed by atoms with E-state index in [4.69, 9.17) is 0 Å². The minimum absolute atomic E-state index is 0.292. The van der Waals surface area contributed by atoms with Crippen molar-refractivity contribution >= 4 is 26.8 Å². The molecule has 1 aromatic carbocycles. The Kier molecular flexibility index (Phi) is 2.65. The Morgan fingerprint density at radius 1 is 1.20 bits per heavy atom. The summed E-state index contributed by atoms with van der Waals surface area (Å²) in [6.07, 6.45) is -2.58. The van der Waals surface area contributed by atoms with Crippen molar-refractivity contribution in [3.8, 4) is 0 Å². The summed E-state index contributed by atoms with van der Waals surface area (Å²) >= 11 is 3.31. The van der Waals surface area contributed by atoms with E-state index in [1.807, 2.05) is 13.0 Å². The smallest absolute Gasteiger partial charge is 0.203 e. The molecule has 2 aromatic rings. The standard InChI is InChI=1S/C10H7BrF2N2/c1-5-2-7(11)3-6-4-8(10(12)13)14-15-9(5)6/h2-4,10H,1H3. The van der Waals surface area contributed by atoms with Gasteiger partial charge in [0.15, 0.2) is 0 Å². The van der Waals surface area contributed by atoms with Crippen LogP contribution in [0.4, 0.5) is 8.78 Å². The molecular weight excluding hydrogens is 266 g/mol. The van der Waals surface area contributed by atoms with Gasteiger partial charge in [0.25, 0.3) is 6.43 Å². The summed E-state index contributed by atoms with van der Waals surface area (Å²) < 4.78 is 25.6. The second-order valence-electron chi connectivity index (χ2n) is 3.23. The van der Waals surface area contributed by atoms with E-state index in [-0.39, 0.29) is 5.69 Å². The van der Waals surface area contributed by atoms with Gasteiger partial charge in [-0.1, -0.05) is 15.9 Å². The molecule has 15 heavy (non-hydrogen) atoms. The first-order valence-corrected chi connectivity index (χ1v) is 5.09. The molecule has 1 heterocycles. The molecule has 0 N–H and O–H groups in total. The second kappa shape index (κ2) is 3.81. The van der Waals surface area contributed by atoms with Crippen molar-refractivity contribution in [2.75, 3.05) is 0 Å². The summed E-state index contributed by atoms with van der Waals surface area (Å²) in [6, 6.07) is 4.99.